The van der Waals surface area contributed by atoms with E-state index in [9.17, 15) is 4.91 Å². The van der Waals surface area contributed by atoms with Crippen molar-refractivity contribution in [2.24, 2.45) is 5.18 Å². The molecule has 1 aliphatic heterocycles. The van der Waals surface area contributed by atoms with Crippen molar-refractivity contribution in [1.82, 2.24) is 0 Å². The number of benzene rings is 2. The van der Waals surface area contributed by atoms with Crippen LogP contribution >= 0.6 is 0 Å². The molecule has 2 aromatic rings. The molecule has 2 aromatic carbocycles. The molecular weight excluding hydrogens is 282 g/mol. The summed E-state index contributed by atoms with van der Waals surface area (Å²) in [6, 6.07) is 12.6. The number of nitroso groups, excluding NO2 is 1. The zero-order valence-corrected chi connectivity index (χ0v) is 12.5. The first-order chi connectivity index (χ1) is 10.8. The van der Waals surface area contributed by atoms with Gasteiger partial charge in [-0.3, -0.25) is 0 Å². The maximum atomic E-state index is 11.4. The predicted molar refractivity (Wildman–Crippen MR) is 82.8 cm³/mol. The van der Waals surface area contributed by atoms with Crippen molar-refractivity contribution in [3.8, 4) is 17.2 Å². The molecule has 0 bridgehead atoms. The number of fused-ring (bicyclic) bond motifs is 1. The highest BCUT2D eigenvalue weighted by Gasteiger charge is 2.33. The first kappa shape index (κ1) is 14.4. The summed E-state index contributed by atoms with van der Waals surface area (Å²) in [7, 11) is 3.22. The number of hydrogen-bond donors (Lipinski definition) is 0. The SMILES string of the molecule is COc1ccc(C2COc3cc(OC)ccc3C2N=O)cc1. The Morgan fingerprint density at radius 1 is 1.05 bits per heavy atom. The van der Waals surface area contributed by atoms with E-state index in [0.717, 1.165) is 16.9 Å². The third-order valence-electron chi connectivity index (χ3n) is 4.00. The van der Waals surface area contributed by atoms with Gasteiger partial charge in [-0.2, -0.15) is 4.91 Å². The van der Waals surface area contributed by atoms with Gasteiger partial charge in [-0.25, -0.2) is 0 Å². The Morgan fingerprint density at radius 3 is 2.36 bits per heavy atom. The Hall–Kier alpha value is -2.56. The number of methoxy groups -OCH3 is 2. The van der Waals surface area contributed by atoms with Gasteiger partial charge in [0.1, 0.15) is 23.3 Å². The molecule has 5 heteroatoms. The van der Waals surface area contributed by atoms with Crippen LogP contribution in [0.15, 0.2) is 47.6 Å². The summed E-state index contributed by atoms with van der Waals surface area (Å²) < 4.78 is 16.2. The van der Waals surface area contributed by atoms with Gasteiger partial charge in [-0.1, -0.05) is 17.3 Å². The van der Waals surface area contributed by atoms with Crippen molar-refractivity contribution >= 4 is 0 Å². The highest BCUT2D eigenvalue weighted by Crippen LogP contribution is 2.44. The predicted octanol–water partition coefficient (Wildman–Crippen LogP) is 3.69. The number of hydrogen-bond acceptors (Lipinski definition) is 5. The van der Waals surface area contributed by atoms with Crippen LogP contribution in [0.25, 0.3) is 0 Å². The average molecular weight is 299 g/mol. The fraction of sp³-hybridized carbons (Fsp3) is 0.294. The molecule has 1 heterocycles. The molecular formula is C17H17NO4. The Bertz CT molecular complexity index is 669. The van der Waals surface area contributed by atoms with Crippen molar-refractivity contribution in [3.05, 3.63) is 58.5 Å². The highest BCUT2D eigenvalue weighted by atomic mass is 16.5. The quantitative estimate of drug-likeness (QED) is 0.808. The molecule has 0 amide bonds. The monoisotopic (exact) mass is 299 g/mol. The minimum atomic E-state index is -0.469. The average Bonchev–Trinajstić information content (AvgIpc) is 2.60. The molecule has 0 aliphatic carbocycles. The molecule has 0 aromatic heterocycles. The van der Waals surface area contributed by atoms with Gasteiger partial charge in [-0.15, -0.1) is 0 Å². The normalized spacial score (nSPS) is 19.7. The fourth-order valence-corrected chi connectivity index (χ4v) is 2.76. The molecule has 0 fully saturated rings. The molecule has 114 valence electrons. The van der Waals surface area contributed by atoms with E-state index in [1.165, 1.54) is 0 Å². The first-order valence-electron chi connectivity index (χ1n) is 7.04. The lowest BCUT2D eigenvalue weighted by Gasteiger charge is -2.30. The summed E-state index contributed by atoms with van der Waals surface area (Å²) in [4.78, 5) is 11.4. The minimum Gasteiger partial charge on any atom is -0.497 e. The van der Waals surface area contributed by atoms with Gasteiger partial charge in [0.05, 0.1) is 20.8 Å². The van der Waals surface area contributed by atoms with Gasteiger partial charge in [0.25, 0.3) is 0 Å². The van der Waals surface area contributed by atoms with E-state index in [-0.39, 0.29) is 5.92 Å². The summed E-state index contributed by atoms with van der Waals surface area (Å²) in [5.74, 6) is 2.03. The van der Waals surface area contributed by atoms with E-state index in [0.29, 0.717) is 18.1 Å². The lowest BCUT2D eigenvalue weighted by atomic mass is 9.86. The van der Waals surface area contributed by atoms with Crippen LogP contribution < -0.4 is 14.2 Å². The van der Waals surface area contributed by atoms with Gasteiger partial charge in [0, 0.05) is 17.5 Å². The smallest absolute Gasteiger partial charge is 0.131 e. The molecule has 0 radical (unpaired) electrons. The molecule has 0 saturated carbocycles. The summed E-state index contributed by atoms with van der Waals surface area (Å²) in [6.07, 6.45) is 0. The Labute approximate surface area is 128 Å². The summed E-state index contributed by atoms with van der Waals surface area (Å²) in [5, 5.41) is 3.34. The van der Waals surface area contributed by atoms with Crippen LogP contribution in [-0.2, 0) is 0 Å². The minimum absolute atomic E-state index is 0.107. The van der Waals surface area contributed by atoms with Crippen LogP contribution in [0.3, 0.4) is 0 Å². The largest absolute Gasteiger partial charge is 0.497 e. The number of ether oxygens (including phenoxy) is 3. The van der Waals surface area contributed by atoms with Crippen LogP contribution in [0.4, 0.5) is 0 Å². The van der Waals surface area contributed by atoms with E-state index in [4.69, 9.17) is 14.2 Å². The zero-order valence-electron chi connectivity index (χ0n) is 12.5. The van der Waals surface area contributed by atoms with Crippen molar-refractivity contribution in [2.45, 2.75) is 12.0 Å². The number of rotatable bonds is 4. The molecule has 0 spiro atoms. The van der Waals surface area contributed by atoms with Crippen molar-refractivity contribution < 1.29 is 14.2 Å². The van der Waals surface area contributed by atoms with Crippen LogP contribution in [0.2, 0.25) is 0 Å². The number of nitrogens with zero attached hydrogens (tertiary/aromatic N) is 1. The molecule has 2 unspecified atom stereocenters. The van der Waals surface area contributed by atoms with Gasteiger partial charge in [0.2, 0.25) is 0 Å². The molecule has 0 N–H and O–H groups in total. The summed E-state index contributed by atoms with van der Waals surface area (Å²) >= 11 is 0. The second-order valence-corrected chi connectivity index (χ2v) is 5.14. The highest BCUT2D eigenvalue weighted by molar-refractivity contribution is 5.46. The Balaban J connectivity index is 1.94. The van der Waals surface area contributed by atoms with Crippen molar-refractivity contribution in [3.63, 3.8) is 0 Å². The molecule has 22 heavy (non-hydrogen) atoms. The summed E-state index contributed by atoms with van der Waals surface area (Å²) in [5.41, 5.74) is 1.80. The van der Waals surface area contributed by atoms with Gasteiger partial charge in [-0.05, 0) is 29.8 Å². The van der Waals surface area contributed by atoms with Crippen LogP contribution in [0, 0.1) is 4.91 Å². The van der Waals surface area contributed by atoms with E-state index in [1.807, 2.05) is 36.4 Å². The second-order valence-electron chi connectivity index (χ2n) is 5.14. The fourth-order valence-electron chi connectivity index (χ4n) is 2.76. The zero-order chi connectivity index (χ0) is 15.5. The van der Waals surface area contributed by atoms with Crippen LogP contribution in [0.5, 0.6) is 17.2 Å². The molecule has 5 nitrogen and oxygen atoms in total. The van der Waals surface area contributed by atoms with E-state index in [1.54, 1.807) is 20.3 Å². The maximum Gasteiger partial charge on any atom is 0.131 e. The lowest BCUT2D eigenvalue weighted by Crippen LogP contribution is -2.23. The van der Waals surface area contributed by atoms with E-state index in [2.05, 4.69) is 5.18 Å². The molecule has 3 rings (SSSR count). The molecule has 0 saturated heterocycles. The first-order valence-corrected chi connectivity index (χ1v) is 7.04. The Morgan fingerprint density at radius 2 is 1.73 bits per heavy atom. The van der Waals surface area contributed by atoms with E-state index < -0.39 is 6.04 Å². The van der Waals surface area contributed by atoms with Gasteiger partial charge < -0.3 is 14.2 Å². The van der Waals surface area contributed by atoms with Gasteiger partial charge in [0.15, 0.2) is 0 Å². The second kappa shape index (κ2) is 6.05. The van der Waals surface area contributed by atoms with Crippen molar-refractivity contribution in [2.75, 3.05) is 20.8 Å². The Kier molecular flexibility index (Phi) is 3.96. The van der Waals surface area contributed by atoms with Crippen LogP contribution in [0.1, 0.15) is 23.1 Å². The summed E-state index contributed by atoms with van der Waals surface area (Å²) in [6.45, 7) is 0.406. The third kappa shape index (κ3) is 2.50. The topological polar surface area (TPSA) is 57.1 Å². The standard InChI is InChI=1S/C17H17NO4/c1-20-12-5-3-11(4-6-12)15-10-22-16-9-13(21-2)7-8-14(16)17(15)18-19/h3-9,15,17H,10H2,1-2H3. The van der Waals surface area contributed by atoms with Crippen LogP contribution in [-0.4, -0.2) is 20.8 Å². The molecule has 1 aliphatic rings. The van der Waals surface area contributed by atoms with Gasteiger partial charge >= 0.3 is 0 Å². The third-order valence-corrected chi connectivity index (χ3v) is 4.00. The van der Waals surface area contributed by atoms with Crippen molar-refractivity contribution in [1.29, 1.82) is 0 Å². The maximum absolute atomic E-state index is 11.4. The lowest BCUT2D eigenvalue weighted by molar-refractivity contribution is 0.238. The van der Waals surface area contributed by atoms with E-state index >= 15 is 0 Å². The molecule has 2 atom stereocenters.